The number of hydrogen-bond acceptors (Lipinski definition) is 5. The van der Waals surface area contributed by atoms with E-state index in [2.05, 4.69) is 10.1 Å². The first kappa shape index (κ1) is 21.4. The largest absolute Gasteiger partial charge is 0.493 e. The van der Waals surface area contributed by atoms with E-state index in [1.165, 1.54) is 24.3 Å². The van der Waals surface area contributed by atoms with Crippen molar-refractivity contribution >= 4 is 11.6 Å². The summed E-state index contributed by atoms with van der Waals surface area (Å²) < 4.78 is 39.2. The fourth-order valence-electron chi connectivity index (χ4n) is 2.71. The quantitative estimate of drug-likeness (QED) is 0.703. The lowest BCUT2D eigenvalue weighted by Gasteiger charge is -2.19. The first-order valence-electron chi connectivity index (χ1n) is 8.57. The van der Waals surface area contributed by atoms with Gasteiger partial charge in [-0.1, -0.05) is 0 Å². The van der Waals surface area contributed by atoms with Crippen LogP contribution in [0.1, 0.15) is 11.1 Å². The summed E-state index contributed by atoms with van der Waals surface area (Å²) in [6.07, 6.45) is 0. The second kappa shape index (κ2) is 9.89. The van der Waals surface area contributed by atoms with Crippen molar-refractivity contribution in [2.75, 3.05) is 33.1 Å². The first-order valence-corrected chi connectivity index (χ1v) is 8.57. The number of methoxy groups -OCH3 is 2. The Morgan fingerprint density at radius 2 is 1.71 bits per heavy atom. The van der Waals surface area contributed by atoms with Gasteiger partial charge >= 0.3 is 6.61 Å². The summed E-state index contributed by atoms with van der Waals surface area (Å²) in [5.74, 6) is 1.10. The van der Waals surface area contributed by atoms with Gasteiger partial charge in [0.1, 0.15) is 5.75 Å². The first-order chi connectivity index (χ1) is 13.3. The van der Waals surface area contributed by atoms with Gasteiger partial charge in [0.05, 0.1) is 20.8 Å². The Morgan fingerprint density at radius 3 is 2.29 bits per heavy atom. The van der Waals surface area contributed by atoms with Crippen molar-refractivity contribution in [3.63, 3.8) is 0 Å². The number of alkyl halides is 2. The number of carbonyl (C=O) groups excluding carboxylic acids is 1. The molecule has 28 heavy (non-hydrogen) atoms. The van der Waals surface area contributed by atoms with Crippen LogP contribution in [0.5, 0.6) is 17.2 Å². The van der Waals surface area contributed by atoms with Crippen molar-refractivity contribution in [1.29, 1.82) is 0 Å². The number of carbonyl (C=O) groups is 1. The van der Waals surface area contributed by atoms with Crippen LogP contribution in [-0.4, -0.2) is 45.2 Å². The van der Waals surface area contributed by atoms with E-state index in [0.717, 1.165) is 11.1 Å². The Morgan fingerprint density at radius 1 is 1.11 bits per heavy atom. The van der Waals surface area contributed by atoms with Crippen LogP contribution < -0.4 is 19.5 Å². The number of likely N-dealkylation sites (N-methyl/N-ethyl adjacent to an activating group) is 1. The van der Waals surface area contributed by atoms with E-state index in [1.807, 2.05) is 31.0 Å². The molecule has 1 N–H and O–H groups in total. The highest BCUT2D eigenvalue weighted by Gasteiger charge is 2.13. The number of benzene rings is 2. The van der Waals surface area contributed by atoms with Crippen molar-refractivity contribution in [2.24, 2.45) is 0 Å². The molecule has 0 spiro atoms. The summed E-state index contributed by atoms with van der Waals surface area (Å²) in [5, 5.41) is 2.73. The molecule has 6 nitrogen and oxygen atoms in total. The minimum atomic E-state index is -2.88. The third-order valence-electron chi connectivity index (χ3n) is 4.06. The molecular weight excluding hydrogens is 370 g/mol. The van der Waals surface area contributed by atoms with Gasteiger partial charge in [0, 0.05) is 12.2 Å². The van der Waals surface area contributed by atoms with Crippen LogP contribution in [-0.2, 0) is 11.3 Å². The number of amides is 1. The highest BCUT2D eigenvalue weighted by atomic mass is 19.3. The summed E-state index contributed by atoms with van der Waals surface area (Å²) in [4.78, 5) is 14.1. The lowest BCUT2D eigenvalue weighted by atomic mass is 10.1. The molecule has 0 fully saturated rings. The van der Waals surface area contributed by atoms with Gasteiger partial charge in [0.25, 0.3) is 0 Å². The van der Waals surface area contributed by atoms with E-state index in [-0.39, 0.29) is 18.2 Å². The Hall–Kier alpha value is -2.87. The zero-order chi connectivity index (χ0) is 20.7. The van der Waals surface area contributed by atoms with Crippen LogP contribution in [0.25, 0.3) is 0 Å². The topological polar surface area (TPSA) is 60.0 Å². The van der Waals surface area contributed by atoms with Crippen LogP contribution in [0.15, 0.2) is 36.4 Å². The highest BCUT2D eigenvalue weighted by Crippen LogP contribution is 2.30. The van der Waals surface area contributed by atoms with Crippen LogP contribution in [0.4, 0.5) is 14.5 Å². The number of ether oxygens (including phenoxy) is 3. The van der Waals surface area contributed by atoms with Gasteiger partial charge in [0.2, 0.25) is 5.91 Å². The van der Waals surface area contributed by atoms with Gasteiger partial charge < -0.3 is 19.5 Å². The number of anilines is 1. The molecule has 2 aromatic carbocycles. The SMILES string of the molecule is COc1cc(C)c(CN(C)CC(=O)Nc2ccc(OC(F)F)cc2)cc1OC. The zero-order valence-electron chi connectivity index (χ0n) is 16.3. The molecule has 2 aromatic rings. The molecular formula is C20H24F2N2O4. The maximum absolute atomic E-state index is 12.2. The molecule has 0 aliphatic rings. The molecule has 8 heteroatoms. The normalized spacial score (nSPS) is 10.9. The molecule has 0 saturated carbocycles. The third kappa shape index (κ3) is 6.09. The predicted molar refractivity (Wildman–Crippen MR) is 102 cm³/mol. The van der Waals surface area contributed by atoms with E-state index < -0.39 is 6.61 Å². The molecule has 0 saturated heterocycles. The second-order valence-electron chi connectivity index (χ2n) is 6.26. The monoisotopic (exact) mass is 394 g/mol. The summed E-state index contributed by atoms with van der Waals surface area (Å²) in [6, 6.07) is 9.55. The van der Waals surface area contributed by atoms with E-state index in [1.54, 1.807) is 14.2 Å². The van der Waals surface area contributed by atoms with Crippen molar-refractivity contribution in [3.8, 4) is 17.2 Å². The Balaban J connectivity index is 1.94. The van der Waals surface area contributed by atoms with Crippen LogP contribution in [0, 0.1) is 6.92 Å². The number of hydrogen-bond donors (Lipinski definition) is 1. The van der Waals surface area contributed by atoms with Crippen LogP contribution in [0.3, 0.4) is 0 Å². The second-order valence-corrected chi connectivity index (χ2v) is 6.26. The maximum atomic E-state index is 12.2. The molecule has 2 rings (SSSR count). The molecule has 0 unspecified atom stereocenters. The molecule has 0 aromatic heterocycles. The predicted octanol–water partition coefficient (Wildman–Crippen LogP) is 3.68. The number of rotatable bonds is 9. The lowest BCUT2D eigenvalue weighted by Crippen LogP contribution is -2.30. The lowest BCUT2D eigenvalue weighted by molar-refractivity contribution is -0.117. The standard InChI is InChI=1S/C20H24F2N2O4/c1-13-9-17(26-3)18(27-4)10-14(13)11-24(2)12-19(25)23-15-5-7-16(8-6-15)28-20(21)22/h5-10,20H,11-12H2,1-4H3,(H,23,25). The summed E-state index contributed by atoms with van der Waals surface area (Å²) in [7, 11) is 4.99. The number of halogens is 2. The van der Waals surface area contributed by atoms with Crippen LogP contribution in [0.2, 0.25) is 0 Å². The average Bonchev–Trinajstić information content (AvgIpc) is 2.64. The molecule has 0 atom stereocenters. The average molecular weight is 394 g/mol. The Labute approximate surface area is 163 Å². The molecule has 0 heterocycles. The number of nitrogens with zero attached hydrogens (tertiary/aromatic N) is 1. The van der Waals surface area contributed by atoms with E-state index in [9.17, 15) is 13.6 Å². The maximum Gasteiger partial charge on any atom is 0.387 e. The molecule has 0 aliphatic heterocycles. The zero-order valence-corrected chi connectivity index (χ0v) is 16.3. The highest BCUT2D eigenvalue weighted by molar-refractivity contribution is 5.92. The van der Waals surface area contributed by atoms with Gasteiger partial charge in [-0.2, -0.15) is 8.78 Å². The molecule has 152 valence electrons. The summed E-state index contributed by atoms with van der Waals surface area (Å²) in [5.41, 5.74) is 2.54. The van der Waals surface area contributed by atoms with Crippen molar-refractivity contribution in [3.05, 3.63) is 47.5 Å². The van der Waals surface area contributed by atoms with Gasteiger partial charge in [-0.25, -0.2) is 0 Å². The van der Waals surface area contributed by atoms with Gasteiger partial charge in [0.15, 0.2) is 11.5 Å². The molecule has 1 amide bonds. The summed E-state index contributed by atoms with van der Waals surface area (Å²) in [6.45, 7) is -0.216. The Bertz CT molecular complexity index is 798. The Kier molecular flexibility index (Phi) is 7.57. The molecule has 0 bridgehead atoms. The van der Waals surface area contributed by atoms with E-state index in [0.29, 0.717) is 23.7 Å². The van der Waals surface area contributed by atoms with Crippen LogP contribution >= 0.6 is 0 Å². The number of nitrogens with one attached hydrogen (secondary N) is 1. The third-order valence-corrected chi connectivity index (χ3v) is 4.06. The fourth-order valence-corrected chi connectivity index (χ4v) is 2.71. The van der Waals surface area contributed by atoms with Gasteiger partial charge in [-0.05, 0) is 61.5 Å². The van der Waals surface area contributed by atoms with Gasteiger partial charge in [-0.3, -0.25) is 9.69 Å². The molecule has 0 radical (unpaired) electrons. The number of aryl methyl sites for hydroxylation is 1. The molecule has 0 aliphatic carbocycles. The van der Waals surface area contributed by atoms with E-state index in [4.69, 9.17) is 9.47 Å². The van der Waals surface area contributed by atoms with E-state index >= 15 is 0 Å². The minimum absolute atomic E-state index is 0.0362. The van der Waals surface area contributed by atoms with Crippen molar-refractivity contribution in [2.45, 2.75) is 20.1 Å². The van der Waals surface area contributed by atoms with Crippen molar-refractivity contribution in [1.82, 2.24) is 4.90 Å². The smallest absolute Gasteiger partial charge is 0.387 e. The van der Waals surface area contributed by atoms with Gasteiger partial charge in [-0.15, -0.1) is 0 Å². The fraction of sp³-hybridized carbons (Fsp3) is 0.350. The van der Waals surface area contributed by atoms with Crippen molar-refractivity contribution < 1.29 is 27.8 Å². The minimum Gasteiger partial charge on any atom is -0.493 e. The summed E-state index contributed by atoms with van der Waals surface area (Å²) >= 11 is 0.